The summed E-state index contributed by atoms with van der Waals surface area (Å²) < 4.78 is 0. The Kier molecular flexibility index (Phi) is 3.80. The van der Waals surface area contributed by atoms with Gasteiger partial charge in [0, 0.05) is 6.04 Å². The molecule has 2 N–H and O–H groups in total. The molecule has 3 rings (SSSR count). The Morgan fingerprint density at radius 2 is 1.95 bits per heavy atom. The van der Waals surface area contributed by atoms with Gasteiger partial charge in [0.25, 0.3) is 5.91 Å². The second-order valence-electron chi connectivity index (χ2n) is 5.66. The van der Waals surface area contributed by atoms with E-state index in [9.17, 15) is 14.7 Å². The number of fused-ring (bicyclic) bond motifs is 2. The molecule has 1 heterocycles. The van der Waals surface area contributed by atoms with Gasteiger partial charge in [0.2, 0.25) is 0 Å². The summed E-state index contributed by atoms with van der Waals surface area (Å²) in [5, 5.41) is 12.5. The third kappa shape index (κ3) is 2.60. The van der Waals surface area contributed by atoms with Crippen LogP contribution in [0.25, 0.3) is 0 Å². The van der Waals surface area contributed by atoms with E-state index in [4.69, 9.17) is 23.2 Å². The average Bonchev–Trinajstić information content (AvgIpc) is 3.02. The molecular formula is C14H14Cl2N2O3. The number of carboxylic acids is 1. The monoisotopic (exact) mass is 328 g/mol. The molecule has 7 heteroatoms. The Labute approximate surface area is 131 Å². The lowest BCUT2D eigenvalue weighted by Gasteiger charge is -2.28. The lowest BCUT2D eigenvalue weighted by atomic mass is 9.84. The summed E-state index contributed by atoms with van der Waals surface area (Å²) in [7, 11) is 0. The quantitative estimate of drug-likeness (QED) is 0.836. The summed E-state index contributed by atoms with van der Waals surface area (Å²) in [6.45, 7) is 0. The van der Waals surface area contributed by atoms with Crippen LogP contribution in [0, 0.1) is 17.8 Å². The molecule has 2 fully saturated rings. The van der Waals surface area contributed by atoms with Crippen LogP contribution in [0.15, 0.2) is 12.1 Å². The fourth-order valence-corrected chi connectivity index (χ4v) is 3.99. The van der Waals surface area contributed by atoms with E-state index < -0.39 is 17.8 Å². The molecular weight excluding hydrogens is 315 g/mol. The largest absolute Gasteiger partial charge is 0.481 e. The lowest BCUT2D eigenvalue weighted by molar-refractivity contribution is -0.144. The number of nitrogens with one attached hydrogen (secondary N) is 1. The van der Waals surface area contributed by atoms with Crippen molar-refractivity contribution in [2.24, 2.45) is 17.8 Å². The van der Waals surface area contributed by atoms with Gasteiger partial charge in [-0.1, -0.05) is 23.2 Å². The van der Waals surface area contributed by atoms with Crippen molar-refractivity contribution in [3.05, 3.63) is 28.0 Å². The number of rotatable bonds is 3. The number of hydrogen-bond donors (Lipinski definition) is 2. The Morgan fingerprint density at radius 1 is 1.24 bits per heavy atom. The summed E-state index contributed by atoms with van der Waals surface area (Å²) in [4.78, 5) is 27.7. The van der Waals surface area contributed by atoms with Crippen LogP contribution in [0.5, 0.6) is 0 Å². The maximum absolute atomic E-state index is 12.3. The zero-order chi connectivity index (χ0) is 15.1. The van der Waals surface area contributed by atoms with E-state index in [2.05, 4.69) is 10.3 Å². The van der Waals surface area contributed by atoms with Crippen molar-refractivity contribution >= 4 is 35.1 Å². The maximum atomic E-state index is 12.3. The van der Waals surface area contributed by atoms with Gasteiger partial charge in [0.05, 0.1) is 10.9 Å². The second-order valence-corrected chi connectivity index (χ2v) is 6.46. The highest BCUT2D eigenvalue weighted by atomic mass is 35.5. The predicted molar refractivity (Wildman–Crippen MR) is 77.5 cm³/mol. The van der Waals surface area contributed by atoms with Crippen molar-refractivity contribution in [3.63, 3.8) is 0 Å². The minimum Gasteiger partial charge on any atom is -0.481 e. The number of carbonyl (C=O) groups is 2. The second kappa shape index (κ2) is 5.46. The maximum Gasteiger partial charge on any atom is 0.308 e. The molecule has 2 aliphatic rings. The molecule has 21 heavy (non-hydrogen) atoms. The first kappa shape index (κ1) is 14.6. The third-order valence-electron chi connectivity index (χ3n) is 4.53. The van der Waals surface area contributed by atoms with Crippen LogP contribution >= 0.6 is 23.2 Å². The first-order valence-corrected chi connectivity index (χ1v) is 7.58. The van der Waals surface area contributed by atoms with Crippen LogP contribution in [0.4, 0.5) is 0 Å². The standard InChI is InChI=1S/C14H14Cl2N2O3/c15-8-3-4-9(16)17-12(8)13(19)18-11-7-2-1-6(5-7)10(11)14(20)21/h3-4,6-7,10-11H,1-2,5H2,(H,18,19)(H,20,21). The molecule has 0 radical (unpaired) electrons. The Hall–Kier alpha value is -1.33. The molecule has 1 aromatic rings. The normalized spacial score (nSPS) is 30.4. The van der Waals surface area contributed by atoms with Crippen LogP contribution in [0.3, 0.4) is 0 Å². The molecule has 2 aliphatic carbocycles. The smallest absolute Gasteiger partial charge is 0.308 e. The van der Waals surface area contributed by atoms with Gasteiger partial charge in [-0.25, -0.2) is 4.98 Å². The minimum atomic E-state index is -0.849. The molecule has 0 saturated heterocycles. The average molecular weight is 329 g/mol. The number of carbonyl (C=O) groups excluding carboxylic acids is 1. The van der Waals surface area contributed by atoms with Gasteiger partial charge in [-0.05, 0) is 43.2 Å². The number of amides is 1. The lowest BCUT2D eigenvalue weighted by Crippen LogP contribution is -2.47. The minimum absolute atomic E-state index is 0.0380. The van der Waals surface area contributed by atoms with E-state index in [1.54, 1.807) is 0 Å². The van der Waals surface area contributed by atoms with Crippen molar-refractivity contribution in [3.8, 4) is 0 Å². The van der Waals surface area contributed by atoms with Crippen LogP contribution in [-0.2, 0) is 4.79 Å². The highest BCUT2D eigenvalue weighted by Gasteiger charge is 2.51. The van der Waals surface area contributed by atoms with Crippen LogP contribution in [0.2, 0.25) is 10.2 Å². The first-order chi connectivity index (χ1) is 9.97. The molecule has 0 spiro atoms. The van der Waals surface area contributed by atoms with Crippen LogP contribution < -0.4 is 5.32 Å². The highest BCUT2D eigenvalue weighted by Crippen LogP contribution is 2.48. The highest BCUT2D eigenvalue weighted by molar-refractivity contribution is 6.34. The predicted octanol–water partition coefficient (Wildman–Crippen LogP) is 2.62. The molecule has 1 amide bonds. The van der Waals surface area contributed by atoms with Gasteiger partial charge in [-0.15, -0.1) is 0 Å². The summed E-state index contributed by atoms with van der Waals surface area (Å²) in [6.07, 6.45) is 2.74. The van der Waals surface area contributed by atoms with Gasteiger partial charge < -0.3 is 10.4 Å². The van der Waals surface area contributed by atoms with E-state index in [0.717, 1.165) is 19.3 Å². The van der Waals surface area contributed by atoms with Crippen LogP contribution in [0.1, 0.15) is 29.8 Å². The summed E-state index contributed by atoms with van der Waals surface area (Å²) in [5.41, 5.74) is 0.0380. The SMILES string of the molecule is O=C(NC1C2CCC(C2)C1C(=O)O)c1nc(Cl)ccc1Cl. The number of hydrogen-bond acceptors (Lipinski definition) is 3. The van der Waals surface area contributed by atoms with E-state index in [0.29, 0.717) is 0 Å². The number of carboxylic acid groups (broad SMARTS) is 1. The van der Waals surface area contributed by atoms with Gasteiger partial charge >= 0.3 is 5.97 Å². The number of aromatic nitrogens is 1. The molecule has 0 aliphatic heterocycles. The Morgan fingerprint density at radius 3 is 2.67 bits per heavy atom. The van der Waals surface area contributed by atoms with E-state index >= 15 is 0 Å². The summed E-state index contributed by atoms with van der Waals surface area (Å²) in [6, 6.07) is 2.64. The number of halogens is 2. The topological polar surface area (TPSA) is 79.3 Å². The molecule has 1 aromatic heterocycles. The summed E-state index contributed by atoms with van der Waals surface area (Å²) in [5.74, 6) is -1.46. The van der Waals surface area contributed by atoms with Gasteiger partial charge in [-0.2, -0.15) is 0 Å². The van der Waals surface area contributed by atoms with E-state index in [1.165, 1.54) is 12.1 Å². The Bertz CT molecular complexity index is 608. The van der Waals surface area contributed by atoms with E-state index in [1.807, 2.05) is 0 Å². The number of pyridine rings is 1. The molecule has 112 valence electrons. The van der Waals surface area contributed by atoms with Gasteiger partial charge in [0.15, 0.2) is 0 Å². The fourth-order valence-electron chi connectivity index (χ4n) is 3.65. The molecule has 2 saturated carbocycles. The summed E-state index contributed by atoms with van der Waals surface area (Å²) >= 11 is 11.7. The zero-order valence-electron chi connectivity index (χ0n) is 11.1. The number of aliphatic carboxylic acids is 1. The molecule has 2 bridgehead atoms. The van der Waals surface area contributed by atoms with Crippen molar-refractivity contribution in [1.82, 2.24) is 10.3 Å². The first-order valence-electron chi connectivity index (χ1n) is 6.83. The third-order valence-corrected chi connectivity index (χ3v) is 5.04. The van der Waals surface area contributed by atoms with E-state index in [-0.39, 0.29) is 33.7 Å². The molecule has 5 nitrogen and oxygen atoms in total. The van der Waals surface area contributed by atoms with Gasteiger partial charge in [-0.3, -0.25) is 9.59 Å². The molecule has 0 aromatic carbocycles. The van der Waals surface area contributed by atoms with Crippen molar-refractivity contribution in [2.75, 3.05) is 0 Å². The van der Waals surface area contributed by atoms with Crippen molar-refractivity contribution in [1.29, 1.82) is 0 Å². The van der Waals surface area contributed by atoms with Crippen LogP contribution in [-0.4, -0.2) is 28.0 Å². The van der Waals surface area contributed by atoms with Crippen molar-refractivity contribution < 1.29 is 14.7 Å². The zero-order valence-corrected chi connectivity index (χ0v) is 12.6. The molecule has 4 atom stereocenters. The molecule has 4 unspecified atom stereocenters. The van der Waals surface area contributed by atoms with Crippen molar-refractivity contribution in [2.45, 2.75) is 25.3 Å². The fraction of sp³-hybridized carbons (Fsp3) is 0.500. The Balaban J connectivity index is 1.81. The number of nitrogens with zero attached hydrogens (tertiary/aromatic N) is 1. The van der Waals surface area contributed by atoms with Gasteiger partial charge in [0.1, 0.15) is 10.8 Å².